The van der Waals surface area contributed by atoms with Crippen molar-refractivity contribution in [1.29, 1.82) is 5.26 Å². The highest BCUT2D eigenvalue weighted by Crippen LogP contribution is 2.38. The van der Waals surface area contributed by atoms with Gasteiger partial charge in [0.1, 0.15) is 11.9 Å². The van der Waals surface area contributed by atoms with Crippen LogP contribution in [0.1, 0.15) is 31.0 Å². The second kappa shape index (κ2) is 7.89. The van der Waals surface area contributed by atoms with Crippen LogP contribution < -0.4 is 5.32 Å². The molecule has 0 saturated carbocycles. The number of halogens is 2. The summed E-state index contributed by atoms with van der Waals surface area (Å²) in [6.07, 6.45) is 0. The van der Waals surface area contributed by atoms with Crippen molar-refractivity contribution in [3.05, 3.63) is 35.1 Å². The standard InChI is InChI=1S/C16H22FN3O.ClH/c1-16(2,11-21)15(20-7-5-19-6-8-20)12-3-4-14(17)13(9-12)10-18;/h3-4,9,15,19,21H,5-8,11H2,1-2H3;1H/t15-;/m1./s1. The number of aliphatic hydroxyl groups excluding tert-OH is 1. The Morgan fingerprint density at radius 1 is 1.41 bits per heavy atom. The van der Waals surface area contributed by atoms with Crippen LogP contribution in [0.25, 0.3) is 0 Å². The molecule has 122 valence electrons. The molecule has 1 aliphatic rings. The summed E-state index contributed by atoms with van der Waals surface area (Å²) < 4.78 is 13.6. The molecule has 0 aliphatic carbocycles. The number of rotatable bonds is 4. The summed E-state index contributed by atoms with van der Waals surface area (Å²) in [5.74, 6) is -0.498. The fourth-order valence-electron chi connectivity index (χ4n) is 2.98. The van der Waals surface area contributed by atoms with Gasteiger partial charge >= 0.3 is 0 Å². The molecule has 4 nitrogen and oxygen atoms in total. The Balaban J connectivity index is 0.00000242. The molecule has 22 heavy (non-hydrogen) atoms. The van der Waals surface area contributed by atoms with Crippen LogP contribution >= 0.6 is 12.4 Å². The summed E-state index contributed by atoms with van der Waals surface area (Å²) in [6, 6.07) is 6.53. The van der Waals surface area contributed by atoms with Gasteiger partial charge in [0.2, 0.25) is 0 Å². The monoisotopic (exact) mass is 327 g/mol. The van der Waals surface area contributed by atoms with E-state index in [9.17, 15) is 9.50 Å². The SMILES string of the molecule is CC(C)(CO)[C@@H](c1ccc(F)c(C#N)c1)N1CCNCC1.Cl. The maximum atomic E-state index is 13.6. The second-order valence-electron chi connectivity index (χ2n) is 6.19. The number of aliphatic hydroxyl groups is 1. The van der Waals surface area contributed by atoms with E-state index in [4.69, 9.17) is 5.26 Å². The molecular formula is C16H23ClFN3O. The van der Waals surface area contributed by atoms with E-state index in [1.807, 2.05) is 19.9 Å². The van der Waals surface area contributed by atoms with Gasteiger partial charge in [-0.25, -0.2) is 4.39 Å². The van der Waals surface area contributed by atoms with Gasteiger partial charge in [0.15, 0.2) is 0 Å². The quantitative estimate of drug-likeness (QED) is 0.889. The van der Waals surface area contributed by atoms with Crippen molar-refractivity contribution in [2.45, 2.75) is 19.9 Å². The Hall–Kier alpha value is -1.19. The number of benzene rings is 1. The molecule has 2 N–H and O–H groups in total. The van der Waals surface area contributed by atoms with Crippen LogP contribution in [0, 0.1) is 22.6 Å². The molecule has 1 saturated heterocycles. The Morgan fingerprint density at radius 2 is 2.05 bits per heavy atom. The number of piperazine rings is 1. The summed E-state index contributed by atoms with van der Waals surface area (Å²) in [5, 5.41) is 22.1. The fraction of sp³-hybridized carbons (Fsp3) is 0.562. The third-order valence-electron chi connectivity index (χ3n) is 4.09. The summed E-state index contributed by atoms with van der Waals surface area (Å²) in [7, 11) is 0. The molecule has 0 radical (unpaired) electrons. The van der Waals surface area contributed by atoms with E-state index >= 15 is 0 Å². The van der Waals surface area contributed by atoms with E-state index in [1.54, 1.807) is 12.1 Å². The normalized spacial score (nSPS) is 17.4. The van der Waals surface area contributed by atoms with Gasteiger partial charge in [-0.15, -0.1) is 12.4 Å². The van der Waals surface area contributed by atoms with Crippen molar-refractivity contribution in [3.63, 3.8) is 0 Å². The number of nitrogens with zero attached hydrogens (tertiary/aromatic N) is 2. The van der Waals surface area contributed by atoms with Gasteiger partial charge in [-0.3, -0.25) is 4.90 Å². The molecule has 1 aromatic carbocycles. The number of nitrogens with one attached hydrogen (secondary N) is 1. The summed E-state index contributed by atoms with van der Waals surface area (Å²) >= 11 is 0. The zero-order chi connectivity index (χ0) is 15.5. The smallest absolute Gasteiger partial charge is 0.140 e. The van der Waals surface area contributed by atoms with Gasteiger partial charge in [0.25, 0.3) is 0 Å². The van der Waals surface area contributed by atoms with Crippen molar-refractivity contribution in [2.75, 3.05) is 32.8 Å². The average Bonchev–Trinajstić information content (AvgIpc) is 2.50. The topological polar surface area (TPSA) is 59.3 Å². The highest BCUT2D eigenvalue weighted by atomic mass is 35.5. The predicted octanol–water partition coefficient (Wildman–Crippen LogP) is 2.08. The van der Waals surface area contributed by atoms with Crippen molar-refractivity contribution >= 4 is 12.4 Å². The number of hydrogen-bond donors (Lipinski definition) is 2. The Kier molecular flexibility index (Phi) is 6.76. The van der Waals surface area contributed by atoms with E-state index in [-0.39, 0.29) is 36.0 Å². The minimum absolute atomic E-state index is 0. The highest BCUT2D eigenvalue weighted by Gasteiger charge is 2.35. The lowest BCUT2D eigenvalue weighted by Crippen LogP contribution is -2.49. The molecule has 1 fully saturated rings. The minimum atomic E-state index is -0.498. The lowest BCUT2D eigenvalue weighted by Gasteiger charge is -2.43. The fourth-order valence-corrected chi connectivity index (χ4v) is 2.98. The van der Waals surface area contributed by atoms with E-state index in [0.717, 1.165) is 31.7 Å². The van der Waals surface area contributed by atoms with Gasteiger partial charge in [-0.1, -0.05) is 19.9 Å². The molecular weight excluding hydrogens is 305 g/mol. The van der Waals surface area contributed by atoms with Gasteiger partial charge < -0.3 is 10.4 Å². The maximum absolute atomic E-state index is 13.6. The summed E-state index contributed by atoms with van der Waals surface area (Å²) in [4.78, 5) is 2.29. The van der Waals surface area contributed by atoms with Crippen molar-refractivity contribution < 1.29 is 9.50 Å². The zero-order valence-electron chi connectivity index (χ0n) is 13.0. The molecule has 0 unspecified atom stereocenters. The lowest BCUT2D eigenvalue weighted by atomic mass is 9.79. The Bertz CT molecular complexity index is 539. The van der Waals surface area contributed by atoms with Gasteiger partial charge in [0.05, 0.1) is 5.56 Å². The third kappa shape index (κ3) is 3.96. The van der Waals surface area contributed by atoms with Crippen LogP contribution in [0.3, 0.4) is 0 Å². The minimum Gasteiger partial charge on any atom is -0.396 e. The number of nitriles is 1. The number of hydrogen-bond acceptors (Lipinski definition) is 4. The predicted molar refractivity (Wildman–Crippen MR) is 86.4 cm³/mol. The Morgan fingerprint density at radius 3 is 2.59 bits per heavy atom. The molecule has 0 amide bonds. The van der Waals surface area contributed by atoms with Crippen molar-refractivity contribution in [1.82, 2.24) is 10.2 Å². The largest absolute Gasteiger partial charge is 0.396 e. The van der Waals surface area contributed by atoms with Gasteiger partial charge in [-0.05, 0) is 17.7 Å². The zero-order valence-corrected chi connectivity index (χ0v) is 13.8. The van der Waals surface area contributed by atoms with Crippen LogP contribution in [0.4, 0.5) is 4.39 Å². The van der Waals surface area contributed by atoms with Crippen LogP contribution in [0.5, 0.6) is 0 Å². The maximum Gasteiger partial charge on any atom is 0.140 e. The van der Waals surface area contributed by atoms with Gasteiger partial charge in [-0.2, -0.15) is 5.26 Å². The molecule has 1 atom stereocenters. The molecule has 0 bridgehead atoms. The molecule has 1 heterocycles. The Labute approximate surface area is 137 Å². The summed E-state index contributed by atoms with van der Waals surface area (Å²) in [6.45, 7) is 7.54. The molecule has 0 aromatic heterocycles. The van der Waals surface area contributed by atoms with Crippen LogP contribution in [0.15, 0.2) is 18.2 Å². The van der Waals surface area contributed by atoms with Crippen LogP contribution in [-0.4, -0.2) is 42.8 Å². The van der Waals surface area contributed by atoms with Crippen LogP contribution in [-0.2, 0) is 0 Å². The highest BCUT2D eigenvalue weighted by molar-refractivity contribution is 5.85. The average molecular weight is 328 g/mol. The first kappa shape index (κ1) is 18.9. The van der Waals surface area contributed by atoms with E-state index in [1.165, 1.54) is 6.07 Å². The third-order valence-corrected chi connectivity index (χ3v) is 4.09. The van der Waals surface area contributed by atoms with E-state index < -0.39 is 5.82 Å². The van der Waals surface area contributed by atoms with Crippen molar-refractivity contribution in [3.8, 4) is 6.07 Å². The molecule has 1 aromatic rings. The first-order valence-electron chi connectivity index (χ1n) is 7.25. The molecule has 1 aliphatic heterocycles. The molecule has 6 heteroatoms. The lowest BCUT2D eigenvalue weighted by molar-refractivity contribution is 0.0305. The van der Waals surface area contributed by atoms with E-state index in [0.29, 0.717) is 0 Å². The molecule has 0 spiro atoms. The van der Waals surface area contributed by atoms with Crippen molar-refractivity contribution in [2.24, 2.45) is 5.41 Å². The summed E-state index contributed by atoms with van der Waals surface area (Å²) in [5.41, 5.74) is 0.567. The second-order valence-corrected chi connectivity index (χ2v) is 6.19. The van der Waals surface area contributed by atoms with Gasteiger partial charge in [0, 0.05) is 44.2 Å². The molecule has 2 rings (SSSR count). The van der Waals surface area contributed by atoms with Crippen LogP contribution in [0.2, 0.25) is 0 Å². The first-order chi connectivity index (χ1) is 9.99. The van der Waals surface area contributed by atoms with E-state index in [2.05, 4.69) is 10.2 Å². The first-order valence-corrected chi connectivity index (χ1v) is 7.25.